The number of anilines is 5. The van der Waals surface area contributed by atoms with Crippen LogP contribution in [0.4, 0.5) is 33.4 Å². The first-order valence-corrected chi connectivity index (χ1v) is 10.2. The summed E-state index contributed by atoms with van der Waals surface area (Å²) in [7, 11) is 0. The van der Waals surface area contributed by atoms with E-state index in [9.17, 15) is 4.79 Å². The largest absolute Gasteiger partial charge is 0.370 e. The van der Waals surface area contributed by atoms with Gasteiger partial charge in [-0.2, -0.15) is 5.10 Å². The Bertz CT molecular complexity index is 1010. The fourth-order valence-corrected chi connectivity index (χ4v) is 3.69. The molecule has 0 saturated carbocycles. The molecule has 1 fully saturated rings. The minimum Gasteiger partial charge on any atom is -0.370 e. The molecule has 1 aliphatic rings. The molecule has 0 aliphatic carbocycles. The Balaban J connectivity index is 1.36. The van der Waals surface area contributed by atoms with Crippen LogP contribution < -0.4 is 20.9 Å². The lowest BCUT2D eigenvalue weighted by atomic mass is 10.1. The maximum atomic E-state index is 12.3. The highest BCUT2D eigenvalue weighted by Gasteiger charge is 2.13. The summed E-state index contributed by atoms with van der Waals surface area (Å²) in [6.07, 6.45) is 4.24. The summed E-state index contributed by atoms with van der Waals surface area (Å²) >= 11 is 0. The van der Waals surface area contributed by atoms with Crippen molar-refractivity contribution in [3.05, 3.63) is 65.9 Å². The van der Waals surface area contributed by atoms with Gasteiger partial charge in [0, 0.05) is 36.2 Å². The number of benzene rings is 2. The van der Waals surface area contributed by atoms with E-state index in [0.29, 0.717) is 11.5 Å². The van der Waals surface area contributed by atoms with Gasteiger partial charge in [-0.25, -0.2) is 4.79 Å². The standard InChI is InChI=1S/C23H26N6O/c1-16-11-17(2)13-20(12-16)27-23(30)26-19-7-5-18(6-8-19)25-22-14-21(15-24-28-22)29-9-3-4-10-29/h5-8,11-15H,3-4,9-10H2,1-2H3,(H,25,28)(H2,26,27,30). The number of amides is 2. The van der Waals surface area contributed by atoms with Crippen molar-refractivity contribution < 1.29 is 4.79 Å². The number of aromatic nitrogens is 2. The van der Waals surface area contributed by atoms with E-state index in [1.807, 2.05) is 56.3 Å². The molecule has 0 unspecified atom stereocenters. The van der Waals surface area contributed by atoms with Gasteiger partial charge in [0.1, 0.15) is 0 Å². The maximum absolute atomic E-state index is 12.3. The van der Waals surface area contributed by atoms with Crippen LogP contribution in [0, 0.1) is 13.8 Å². The summed E-state index contributed by atoms with van der Waals surface area (Å²) in [5, 5.41) is 17.3. The smallest absolute Gasteiger partial charge is 0.323 e. The third-order valence-electron chi connectivity index (χ3n) is 5.01. The fourth-order valence-electron chi connectivity index (χ4n) is 3.69. The second-order valence-corrected chi connectivity index (χ2v) is 7.65. The van der Waals surface area contributed by atoms with Crippen molar-refractivity contribution in [3.8, 4) is 0 Å². The molecule has 1 aromatic heterocycles. The van der Waals surface area contributed by atoms with Crippen LogP contribution in [0.3, 0.4) is 0 Å². The molecule has 154 valence electrons. The van der Waals surface area contributed by atoms with Crippen molar-refractivity contribution in [3.63, 3.8) is 0 Å². The van der Waals surface area contributed by atoms with E-state index < -0.39 is 0 Å². The quantitative estimate of drug-likeness (QED) is 0.554. The highest BCUT2D eigenvalue weighted by molar-refractivity contribution is 5.99. The number of urea groups is 1. The van der Waals surface area contributed by atoms with Gasteiger partial charge in [-0.1, -0.05) is 6.07 Å². The average Bonchev–Trinajstić information content (AvgIpc) is 3.24. The van der Waals surface area contributed by atoms with Crippen LogP contribution in [0.1, 0.15) is 24.0 Å². The zero-order chi connectivity index (χ0) is 20.9. The molecule has 1 aliphatic heterocycles. The number of carbonyl (C=O) groups is 1. The highest BCUT2D eigenvalue weighted by atomic mass is 16.2. The van der Waals surface area contributed by atoms with Crippen molar-refractivity contribution in [2.24, 2.45) is 0 Å². The summed E-state index contributed by atoms with van der Waals surface area (Å²) in [6, 6.07) is 15.2. The molecule has 0 atom stereocenters. The minimum atomic E-state index is -0.273. The van der Waals surface area contributed by atoms with E-state index >= 15 is 0 Å². The van der Waals surface area contributed by atoms with E-state index in [1.165, 1.54) is 12.8 Å². The molecule has 2 aromatic carbocycles. The molecule has 0 spiro atoms. The Morgan fingerprint density at radius 2 is 1.50 bits per heavy atom. The highest BCUT2D eigenvalue weighted by Crippen LogP contribution is 2.23. The van der Waals surface area contributed by atoms with Crippen molar-refractivity contribution in [1.82, 2.24) is 10.2 Å². The molecule has 4 rings (SSSR count). The van der Waals surface area contributed by atoms with Gasteiger partial charge in [-0.3, -0.25) is 0 Å². The molecule has 3 aromatic rings. The zero-order valence-corrected chi connectivity index (χ0v) is 17.3. The van der Waals surface area contributed by atoms with Gasteiger partial charge < -0.3 is 20.9 Å². The summed E-state index contributed by atoms with van der Waals surface area (Å²) < 4.78 is 0. The van der Waals surface area contributed by atoms with Crippen LogP contribution in [0.25, 0.3) is 0 Å². The SMILES string of the molecule is Cc1cc(C)cc(NC(=O)Nc2ccc(Nc3cc(N4CCCC4)cnn3)cc2)c1. The van der Waals surface area contributed by atoms with Gasteiger partial charge in [-0.15, -0.1) is 5.10 Å². The van der Waals surface area contributed by atoms with Gasteiger partial charge in [0.25, 0.3) is 0 Å². The average molecular weight is 403 g/mol. The monoisotopic (exact) mass is 402 g/mol. The van der Waals surface area contributed by atoms with Gasteiger partial charge in [0.2, 0.25) is 0 Å². The first-order valence-electron chi connectivity index (χ1n) is 10.2. The number of hydrogen-bond donors (Lipinski definition) is 3. The van der Waals surface area contributed by atoms with Crippen molar-refractivity contribution in [2.75, 3.05) is 33.9 Å². The Morgan fingerprint density at radius 1 is 0.867 bits per heavy atom. The van der Waals surface area contributed by atoms with Crippen LogP contribution in [-0.4, -0.2) is 29.3 Å². The predicted octanol–water partition coefficient (Wildman–Crippen LogP) is 5.08. The summed E-state index contributed by atoms with van der Waals surface area (Å²) in [5.74, 6) is 0.702. The third kappa shape index (κ3) is 5.05. The summed E-state index contributed by atoms with van der Waals surface area (Å²) in [6.45, 7) is 6.14. The van der Waals surface area contributed by atoms with E-state index in [1.54, 1.807) is 6.20 Å². The predicted molar refractivity (Wildman–Crippen MR) is 122 cm³/mol. The molecule has 2 heterocycles. The van der Waals surface area contributed by atoms with Crippen LogP contribution in [-0.2, 0) is 0 Å². The first-order chi connectivity index (χ1) is 14.5. The lowest BCUT2D eigenvalue weighted by molar-refractivity contribution is 0.262. The fraction of sp³-hybridized carbons (Fsp3) is 0.261. The molecule has 30 heavy (non-hydrogen) atoms. The van der Waals surface area contributed by atoms with Gasteiger partial charge in [0.15, 0.2) is 5.82 Å². The number of rotatable bonds is 5. The molecule has 7 heteroatoms. The van der Waals surface area contributed by atoms with Crippen molar-refractivity contribution in [1.29, 1.82) is 0 Å². The molecule has 2 amide bonds. The third-order valence-corrected chi connectivity index (χ3v) is 5.01. The van der Waals surface area contributed by atoms with E-state index in [4.69, 9.17) is 0 Å². The van der Waals surface area contributed by atoms with E-state index in [2.05, 4.69) is 37.1 Å². The van der Waals surface area contributed by atoms with Crippen LogP contribution in [0.5, 0.6) is 0 Å². The Labute approximate surface area is 176 Å². The molecule has 1 saturated heterocycles. The van der Waals surface area contributed by atoms with Crippen LogP contribution >= 0.6 is 0 Å². The Morgan fingerprint density at radius 3 is 2.20 bits per heavy atom. The Hall–Kier alpha value is -3.61. The second-order valence-electron chi connectivity index (χ2n) is 7.65. The molecule has 0 radical (unpaired) electrons. The van der Waals surface area contributed by atoms with Gasteiger partial charge in [-0.05, 0) is 74.2 Å². The van der Waals surface area contributed by atoms with Crippen LogP contribution in [0.15, 0.2) is 54.7 Å². The number of hydrogen-bond acceptors (Lipinski definition) is 5. The molecule has 7 nitrogen and oxygen atoms in total. The summed E-state index contributed by atoms with van der Waals surface area (Å²) in [5.41, 5.74) is 5.67. The lowest BCUT2D eigenvalue weighted by Crippen LogP contribution is -2.19. The van der Waals surface area contributed by atoms with Gasteiger partial charge >= 0.3 is 6.03 Å². The topological polar surface area (TPSA) is 82.2 Å². The van der Waals surface area contributed by atoms with E-state index in [0.717, 1.165) is 41.3 Å². The first kappa shape index (κ1) is 19.7. The molecular formula is C23H26N6O. The van der Waals surface area contributed by atoms with Crippen molar-refractivity contribution >= 4 is 34.6 Å². The van der Waals surface area contributed by atoms with Gasteiger partial charge in [0.05, 0.1) is 11.9 Å². The number of carbonyl (C=O) groups excluding carboxylic acids is 1. The van der Waals surface area contributed by atoms with E-state index in [-0.39, 0.29) is 6.03 Å². The summed E-state index contributed by atoms with van der Waals surface area (Å²) in [4.78, 5) is 14.6. The second kappa shape index (κ2) is 8.82. The molecule has 3 N–H and O–H groups in total. The molecule has 0 bridgehead atoms. The number of nitrogens with one attached hydrogen (secondary N) is 3. The number of nitrogens with zero attached hydrogens (tertiary/aromatic N) is 3. The molecular weight excluding hydrogens is 376 g/mol. The van der Waals surface area contributed by atoms with Crippen LogP contribution in [0.2, 0.25) is 0 Å². The Kier molecular flexibility index (Phi) is 5.79. The zero-order valence-electron chi connectivity index (χ0n) is 17.3. The number of aryl methyl sites for hydroxylation is 2. The lowest BCUT2D eigenvalue weighted by Gasteiger charge is -2.17. The maximum Gasteiger partial charge on any atom is 0.323 e. The normalized spacial score (nSPS) is 13.2. The van der Waals surface area contributed by atoms with Crippen molar-refractivity contribution in [2.45, 2.75) is 26.7 Å². The minimum absolute atomic E-state index is 0.273.